The molecule has 1 radical (unpaired) electrons. The van der Waals surface area contributed by atoms with Crippen LogP contribution in [0.5, 0.6) is 0 Å². The SMILES string of the molecule is Cc1cc(-c2ccccc2)ccc1N1c2cc3c(cc2[B]c2c(-c4c(Nc5ccc(-c6ccccc6)cc5)ccc5ccccc45)cc(-c4ccccc4)cc21)-c1ccccc1C3(C)C. The van der Waals surface area contributed by atoms with Crippen LogP contribution in [0.1, 0.15) is 30.5 Å². The fourth-order valence-electron chi connectivity index (χ4n) is 10.5. The number of benzene rings is 10. The Kier molecular flexibility index (Phi) is 9.21. The quantitative estimate of drug-likeness (QED) is 0.161. The topological polar surface area (TPSA) is 15.3 Å². The molecule has 1 aliphatic heterocycles. The van der Waals surface area contributed by atoms with Crippen LogP contribution in [-0.4, -0.2) is 7.28 Å². The molecule has 0 saturated carbocycles. The minimum atomic E-state index is -0.154. The first-order valence-electron chi connectivity index (χ1n) is 22.7. The maximum absolute atomic E-state index is 3.93. The van der Waals surface area contributed by atoms with E-state index in [1.807, 2.05) is 0 Å². The lowest BCUT2D eigenvalue weighted by molar-refractivity contribution is 0.660. The van der Waals surface area contributed by atoms with Crippen molar-refractivity contribution in [2.75, 3.05) is 10.2 Å². The molecule has 1 N–H and O–H groups in total. The minimum Gasteiger partial charge on any atom is -0.355 e. The van der Waals surface area contributed by atoms with Crippen molar-refractivity contribution in [3.05, 3.63) is 235 Å². The molecule has 0 aromatic heterocycles. The zero-order valence-corrected chi connectivity index (χ0v) is 36.8. The first kappa shape index (κ1) is 38.8. The van der Waals surface area contributed by atoms with E-state index < -0.39 is 0 Å². The molecule has 1 heterocycles. The molecule has 0 amide bonds. The van der Waals surface area contributed by atoms with E-state index in [1.165, 1.54) is 105 Å². The Bertz CT molecular complexity index is 3450. The zero-order valence-electron chi connectivity index (χ0n) is 36.8. The van der Waals surface area contributed by atoms with Crippen LogP contribution in [0, 0.1) is 6.92 Å². The van der Waals surface area contributed by atoms with E-state index in [0.717, 1.165) is 17.1 Å². The predicted molar refractivity (Wildman–Crippen MR) is 277 cm³/mol. The summed E-state index contributed by atoms with van der Waals surface area (Å²) in [6.07, 6.45) is 0. The van der Waals surface area contributed by atoms with E-state index in [9.17, 15) is 0 Å². The standard InChI is InChI=1S/C62H46BN2/c1-40-35-46(42-19-9-5-10-20-42)30-34-57(40)65-58-39-54-51(50-25-15-16-26-53(50)62(54,2)3)38-55(58)63-61-52(36-47(37-59(61)65)43-21-11-6-12-22-43)60-49-24-14-13-23-45(49)29-33-56(60)64-48-31-27-44(28-32-48)41-17-7-4-8-18-41/h4-39,64H,1-3H3. The molecule has 0 saturated heterocycles. The van der Waals surface area contributed by atoms with Gasteiger partial charge in [0.1, 0.15) is 0 Å². The smallest absolute Gasteiger partial charge is 0.197 e. The van der Waals surface area contributed by atoms with Gasteiger partial charge >= 0.3 is 0 Å². The molecule has 10 aromatic rings. The van der Waals surface area contributed by atoms with Gasteiger partial charge in [-0.15, -0.1) is 0 Å². The number of fused-ring (bicyclic) bond motifs is 6. The van der Waals surface area contributed by atoms with Crippen molar-refractivity contribution in [1.29, 1.82) is 0 Å². The molecule has 10 aromatic carbocycles. The summed E-state index contributed by atoms with van der Waals surface area (Å²) >= 11 is 0. The second-order valence-corrected chi connectivity index (χ2v) is 18.1. The summed E-state index contributed by atoms with van der Waals surface area (Å²) in [6, 6.07) is 80.1. The molecule has 0 fully saturated rings. The van der Waals surface area contributed by atoms with Gasteiger partial charge < -0.3 is 10.2 Å². The maximum Gasteiger partial charge on any atom is 0.197 e. The van der Waals surface area contributed by atoms with Crippen LogP contribution in [-0.2, 0) is 5.41 Å². The molecular weight excluding hydrogens is 784 g/mol. The summed E-state index contributed by atoms with van der Waals surface area (Å²) in [4.78, 5) is 2.56. The lowest BCUT2D eigenvalue weighted by atomic mass is 9.57. The second-order valence-electron chi connectivity index (χ2n) is 18.1. The van der Waals surface area contributed by atoms with E-state index >= 15 is 0 Å². The number of hydrogen-bond donors (Lipinski definition) is 1. The molecule has 2 nitrogen and oxygen atoms in total. The van der Waals surface area contributed by atoms with Gasteiger partial charge in [0.05, 0.1) is 0 Å². The Morgan fingerprint density at radius 2 is 1.05 bits per heavy atom. The van der Waals surface area contributed by atoms with E-state index in [-0.39, 0.29) is 5.41 Å². The lowest BCUT2D eigenvalue weighted by Gasteiger charge is -2.37. The molecule has 0 unspecified atom stereocenters. The molecule has 0 spiro atoms. The Labute approximate surface area is 382 Å². The van der Waals surface area contributed by atoms with Crippen LogP contribution in [0.2, 0.25) is 0 Å². The normalized spacial score (nSPS) is 13.1. The average Bonchev–Trinajstić information content (AvgIpc) is 3.58. The molecule has 2 aliphatic rings. The highest BCUT2D eigenvalue weighted by atomic mass is 15.2. The van der Waals surface area contributed by atoms with Gasteiger partial charge in [0, 0.05) is 39.4 Å². The Morgan fingerprint density at radius 3 is 1.77 bits per heavy atom. The summed E-state index contributed by atoms with van der Waals surface area (Å²) in [5, 5.41) is 6.32. The van der Waals surface area contributed by atoms with Crippen molar-refractivity contribution in [2.45, 2.75) is 26.2 Å². The molecular formula is C62H46BN2. The molecule has 307 valence electrons. The Hall–Kier alpha value is -7.88. The van der Waals surface area contributed by atoms with Gasteiger partial charge in [0.25, 0.3) is 0 Å². The van der Waals surface area contributed by atoms with Crippen molar-refractivity contribution in [1.82, 2.24) is 0 Å². The number of aryl methyl sites for hydroxylation is 1. The molecule has 65 heavy (non-hydrogen) atoms. The number of anilines is 5. The number of nitrogens with one attached hydrogen (secondary N) is 1. The van der Waals surface area contributed by atoms with Gasteiger partial charge in [-0.2, -0.15) is 0 Å². The highest BCUT2D eigenvalue weighted by Crippen LogP contribution is 2.52. The number of hydrogen-bond acceptors (Lipinski definition) is 2. The summed E-state index contributed by atoms with van der Waals surface area (Å²) in [5.41, 5.74) is 24.0. The fraction of sp³-hybridized carbons (Fsp3) is 0.0645. The van der Waals surface area contributed by atoms with Crippen molar-refractivity contribution < 1.29 is 0 Å². The molecule has 0 bridgehead atoms. The number of rotatable bonds is 7. The van der Waals surface area contributed by atoms with Gasteiger partial charge in [-0.3, -0.25) is 0 Å². The summed E-state index contributed by atoms with van der Waals surface area (Å²) in [6.45, 7) is 7.03. The van der Waals surface area contributed by atoms with Crippen molar-refractivity contribution in [3.63, 3.8) is 0 Å². The van der Waals surface area contributed by atoms with Gasteiger partial charge in [-0.05, 0) is 138 Å². The number of nitrogens with zero attached hydrogens (tertiary/aromatic N) is 1. The van der Waals surface area contributed by atoms with E-state index in [2.05, 4.69) is 257 Å². The minimum absolute atomic E-state index is 0.154. The molecule has 0 atom stereocenters. The highest BCUT2D eigenvalue weighted by molar-refractivity contribution is 6.73. The third-order valence-electron chi connectivity index (χ3n) is 13.8. The Balaban J connectivity index is 1.11. The summed E-state index contributed by atoms with van der Waals surface area (Å²) in [5.74, 6) is 0. The largest absolute Gasteiger partial charge is 0.355 e. The lowest BCUT2D eigenvalue weighted by Crippen LogP contribution is -2.41. The van der Waals surface area contributed by atoms with Gasteiger partial charge in [0.15, 0.2) is 7.28 Å². The van der Waals surface area contributed by atoms with Crippen LogP contribution in [0.4, 0.5) is 28.4 Å². The third kappa shape index (κ3) is 6.58. The predicted octanol–water partition coefficient (Wildman–Crippen LogP) is 15.3. The van der Waals surface area contributed by atoms with Crippen molar-refractivity contribution >= 4 is 57.4 Å². The first-order valence-corrected chi connectivity index (χ1v) is 22.7. The third-order valence-corrected chi connectivity index (χ3v) is 13.8. The Morgan fingerprint density at radius 1 is 0.431 bits per heavy atom. The van der Waals surface area contributed by atoms with Crippen LogP contribution in [0.3, 0.4) is 0 Å². The molecule has 12 rings (SSSR count). The summed E-state index contributed by atoms with van der Waals surface area (Å²) in [7, 11) is 2.47. The van der Waals surface area contributed by atoms with Crippen LogP contribution < -0.4 is 21.1 Å². The van der Waals surface area contributed by atoms with Crippen LogP contribution in [0.15, 0.2) is 218 Å². The zero-order chi connectivity index (χ0) is 43.6. The monoisotopic (exact) mass is 829 g/mol. The van der Waals surface area contributed by atoms with Gasteiger partial charge in [0.2, 0.25) is 0 Å². The highest BCUT2D eigenvalue weighted by Gasteiger charge is 2.39. The summed E-state index contributed by atoms with van der Waals surface area (Å²) < 4.78 is 0. The van der Waals surface area contributed by atoms with E-state index in [1.54, 1.807) is 0 Å². The van der Waals surface area contributed by atoms with Crippen molar-refractivity contribution in [3.8, 4) is 55.6 Å². The average molecular weight is 830 g/mol. The van der Waals surface area contributed by atoms with Crippen molar-refractivity contribution in [2.24, 2.45) is 0 Å². The molecule has 1 aliphatic carbocycles. The fourth-order valence-corrected chi connectivity index (χ4v) is 10.5. The van der Waals surface area contributed by atoms with E-state index in [4.69, 9.17) is 0 Å². The van der Waals surface area contributed by atoms with E-state index in [0.29, 0.717) is 0 Å². The van der Waals surface area contributed by atoms with Crippen LogP contribution in [0.25, 0.3) is 66.4 Å². The second kappa shape index (κ2) is 15.4. The maximum atomic E-state index is 3.93. The first-order chi connectivity index (χ1) is 31.9. The van der Waals surface area contributed by atoms with Crippen LogP contribution >= 0.6 is 0 Å². The molecule has 3 heteroatoms. The van der Waals surface area contributed by atoms with Gasteiger partial charge in [-0.25, -0.2) is 0 Å². The van der Waals surface area contributed by atoms with Gasteiger partial charge in [-0.1, -0.05) is 189 Å².